The number of quaternary nitrogens is 1. The lowest BCUT2D eigenvalue weighted by atomic mass is 10.2. The Morgan fingerprint density at radius 1 is 1.60 bits per heavy atom. The van der Waals surface area contributed by atoms with Gasteiger partial charge in [-0.15, -0.1) is 0 Å². The summed E-state index contributed by atoms with van der Waals surface area (Å²) in [6.07, 6.45) is 2.04. The summed E-state index contributed by atoms with van der Waals surface area (Å²) < 4.78 is 10.2. The van der Waals surface area contributed by atoms with Crippen LogP contribution in [-0.2, 0) is 4.57 Å². The van der Waals surface area contributed by atoms with Gasteiger partial charge in [-0.05, 0) is 14.0 Å². The van der Waals surface area contributed by atoms with Gasteiger partial charge in [0.25, 0.3) is 0 Å². The average molecular weight is 166 g/mol. The highest BCUT2D eigenvalue weighted by Crippen LogP contribution is 2.28. The molecule has 5 heteroatoms. The minimum Gasteiger partial charge on any atom is -0.807 e. The average Bonchev–Trinajstić information content (AvgIpc) is 1.80. The fraction of sp³-hybridized carbons (Fsp3) is 1.00. The van der Waals surface area contributed by atoms with Crippen LogP contribution >= 0.6 is 7.60 Å². The van der Waals surface area contributed by atoms with E-state index in [1.165, 1.54) is 0 Å². The molecular weight excluding hydrogens is 153 g/mol. The summed E-state index contributed by atoms with van der Waals surface area (Å²) in [7, 11) is -4.40. The second-order valence-corrected chi connectivity index (χ2v) is 4.15. The maximum Gasteiger partial charge on any atom is 0.110 e. The molecule has 0 aliphatic carbocycles. The van der Waals surface area contributed by atoms with Crippen LogP contribution in [0.1, 0.15) is 26.2 Å². The van der Waals surface area contributed by atoms with Crippen LogP contribution < -0.4 is 15.5 Å². The predicted molar refractivity (Wildman–Crippen MR) is 33.8 cm³/mol. The molecule has 1 atom stereocenters. The first-order chi connectivity index (χ1) is 4.48. The molecule has 62 valence electrons. The molecule has 0 saturated heterocycles. The summed E-state index contributed by atoms with van der Waals surface area (Å²) >= 11 is 0. The summed E-state index contributed by atoms with van der Waals surface area (Å²) in [4.78, 5) is 20.5. The first-order valence-electron chi connectivity index (χ1n) is 3.33. The van der Waals surface area contributed by atoms with Gasteiger partial charge in [0.2, 0.25) is 0 Å². The third-order valence-corrected chi connectivity index (χ3v) is 2.49. The summed E-state index contributed by atoms with van der Waals surface area (Å²) in [5, 5.41) is 0. The Morgan fingerprint density at radius 3 is 2.40 bits per heavy atom. The van der Waals surface area contributed by atoms with Crippen LogP contribution in [0.15, 0.2) is 0 Å². The van der Waals surface area contributed by atoms with Gasteiger partial charge in [0, 0.05) is 6.42 Å². The first-order valence-corrected chi connectivity index (χ1v) is 4.94. The number of hydrogen-bond acceptors (Lipinski definition) is 3. The quantitative estimate of drug-likeness (QED) is 0.524. The van der Waals surface area contributed by atoms with Gasteiger partial charge in [0.15, 0.2) is 0 Å². The Labute approximate surface area is 60.6 Å². The summed E-state index contributed by atoms with van der Waals surface area (Å²) in [5.41, 5.74) is 3.26. The summed E-state index contributed by atoms with van der Waals surface area (Å²) in [5.74, 6) is -0.938. The Kier molecular flexibility index (Phi) is 4.13. The molecule has 4 nitrogen and oxygen atoms in total. The van der Waals surface area contributed by atoms with Crippen molar-refractivity contribution in [3.8, 4) is 0 Å². The van der Waals surface area contributed by atoms with Crippen LogP contribution in [0.3, 0.4) is 0 Å². The second kappa shape index (κ2) is 4.09. The van der Waals surface area contributed by atoms with Crippen LogP contribution in [-0.4, -0.2) is 5.78 Å². The maximum atomic E-state index is 10.2. The van der Waals surface area contributed by atoms with E-state index < -0.39 is 13.4 Å². The van der Waals surface area contributed by atoms with Crippen LogP contribution in [0, 0.1) is 0 Å². The van der Waals surface area contributed by atoms with Gasteiger partial charge in [-0.25, -0.2) is 0 Å². The smallest absolute Gasteiger partial charge is 0.110 e. The van der Waals surface area contributed by atoms with Crippen molar-refractivity contribution in [2.75, 3.05) is 0 Å². The maximum absolute atomic E-state index is 10.2. The van der Waals surface area contributed by atoms with E-state index in [9.17, 15) is 14.4 Å². The standard InChI is InChI=1S/C5H14NO3P/c1-2-3-4-5(6)10(7,8)9/h5H,2-4,6H2,1H3,(H2,7,8,9)/p-1/t5-/m1/s1. The van der Waals surface area contributed by atoms with Gasteiger partial charge in [0.1, 0.15) is 5.78 Å². The molecule has 0 radical (unpaired) electrons. The minimum atomic E-state index is -4.40. The molecule has 0 saturated carbocycles. The Morgan fingerprint density at radius 2 is 2.10 bits per heavy atom. The Bertz CT molecular complexity index is 133. The molecule has 0 aromatic rings. The van der Waals surface area contributed by atoms with Crippen LogP contribution in [0.5, 0.6) is 0 Å². The van der Waals surface area contributed by atoms with E-state index in [0.29, 0.717) is 6.42 Å². The SMILES string of the molecule is CCCC[C@H]([NH3+])P(=O)([O-])[O-]. The third kappa shape index (κ3) is 4.01. The van der Waals surface area contributed by atoms with Crippen LogP contribution in [0.25, 0.3) is 0 Å². The Hall–Kier alpha value is 0.110. The van der Waals surface area contributed by atoms with E-state index in [-0.39, 0.29) is 0 Å². The normalized spacial score (nSPS) is 15.2. The first kappa shape index (κ1) is 10.1. The van der Waals surface area contributed by atoms with E-state index in [1.54, 1.807) is 0 Å². The molecule has 0 aromatic heterocycles. The van der Waals surface area contributed by atoms with E-state index in [2.05, 4.69) is 5.73 Å². The van der Waals surface area contributed by atoms with E-state index in [0.717, 1.165) is 12.8 Å². The van der Waals surface area contributed by atoms with Crippen molar-refractivity contribution < 1.29 is 20.1 Å². The van der Waals surface area contributed by atoms with E-state index >= 15 is 0 Å². The molecule has 0 aliphatic rings. The van der Waals surface area contributed by atoms with Crippen molar-refractivity contribution in [1.29, 1.82) is 0 Å². The molecule has 0 unspecified atom stereocenters. The summed E-state index contributed by atoms with van der Waals surface area (Å²) in [6, 6.07) is 0. The highest BCUT2D eigenvalue weighted by atomic mass is 31.2. The molecule has 0 rings (SSSR count). The van der Waals surface area contributed by atoms with Crippen molar-refractivity contribution in [2.45, 2.75) is 32.0 Å². The molecular formula is C5H13NO3P-. The van der Waals surface area contributed by atoms with Crippen LogP contribution in [0.4, 0.5) is 0 Å². The van der Waals surface area contributed by atoms with Gasteiger partial charge >= 0.3 is 0 Å². The molecule has 0 aromatic carbocycles. The summed E-state index contributed by atoms with van der Waals surface area (Å²) in [6.45, 7) is 1.94. The van der Waals surface area contributed by atoms with Gasteiger partial charge in [0.05, 0.1) is 0 Å². The lowest BCUT2D eigenvalue weighted by molar-refractivity contribution is -0.430. The van der Waals surface area contributed by atoms with Crippen molar-refractivity contribution in [1.82, 2.24) is 0 Å². The van der Waals surface area contributed by atoms with Crippen molar-refractivity contribution in [2.24, 2.45) is 0 Å². The second-order valence-electron chi connectivity index (χ2n) is 2.34. The zero-order valence-electron chi connectivity index (χ0n) is 6.08. The number of rotatable bonds is 4. The number of unbranched alkanes of at least 4 members (excludes halogenated alkanes) is 1. The molecule has 0 amide bonds. The monoisotopic (exact) mass is 166 g/mol. The largest absolute Gasteiger partial charge is 0.807 e. The van der Waals surface area contributed by atoms with Crippen LogP contribution in [0.2, 0.25) is 0 Å². The third-order valence-electron chi connectivity index (χ3n) is 1.34. The van der Waals surface area contributed by atoms with Gasteiger partial charge in [-0.2, -0.15) is 0 Å². The molecule has 0 aliphatic heterocycles. The van der Waals surface area contributed by atoms with Crippen molar-refractivity contribution in [3.05, 3.63) is 0 Å². The topological polar surface area (TPSA) is 90.8 Å². The van der Waals surface area contributed by atoms with E-state index in [1.807, 2.05) is 6.92 Å². The zero-order chi connectivity index (χ0) is 8.20. The molecule has 10 heavy (non-hydrogen) atoms. The van der Waals surface area contributed by atoms with Crippen molar-refractivity contribution in [3.63, 3.8) is 0 Å². The van der Waals surface area contributed by atoms with E-state index in [4.69, 9.17) is 0 Å². The lowest BCUT2D eigenvalue weighted by Gasteiger charge is -2.32. The predicted octanol–water partition coefficient (Wildman–Crippen LogP) is -1.34. The Balaban J connectivity index is 3.63. The lowest BCUT2D eigenvalue weighted by Crippen LogP contribution is -2.63. The highest BCUT2D eigenvalue weighted by Gasteiger charge is 2.08. The van der Waals surface area contributed by atoms with Gasteiger partial charge in [-0.3, -0.25) is 0 Å². The van der Waals surface area contributed by atoms with Gasteiger partial charge < -0.3 is 20.1 Å². The fourth-order valence-electron chi connectivity index (χ4n) is 0.598. The number of hydrogen-bond donors (Lipinski definition) is 1. The molecule has 0 heterocycles. The van der Waals surface area contributed by atoms with Crippen molar-refractivity contribution >= 4 is 7.60 Å². The van der Waals surface area contributed by atoms with Gasteiger partial charge in [-0.1, -0.05) is 13.3 Å². The molecule has 0 bridgehead atoms. The zero-order valence-corrected chi connectivity index (χ0v) is 6.97. The molecule has 3 N–H and O–H groups in total. The molecule has 0 spiro atoms. The fourth-order valence-corrected chi connectivity index (χ4v) is 1.10. The highest BCUT2D eigenvalue weighted by molar-refractivity contribution is 7.49. The molecule has 0 fully saturated rings. The minimum absolute atomic E-state index is 0.390.